The molecule has 4 heteroatoms. The minimum absolute atomic E-state index is 0.0484. The van der Waals surface area contributed by atoms with Crippen molar-refractivity contribution >= 4 is 5.91 Å². The molecule has 0 spiro atoms. The lowest BCUT2D eigenvalue weighted by Gasteiger charge is -2.29. The number of benzene rings is 1. The summed E-state index contributed by atoms with van der Waals surface area (Å²) in [6.45, 7) is 7.84. The van der Waals surface area contributed by atoms with E-state index in [0.29, 0.717) is 5.56 Å². The maximum absolute atomic E-state index is 12.2. The summed E-state index contributed by atoms with van der Waals surface area (Å²) >= 11 is 0. The Kier molecular flexibility index (Phi) is 4.52. The summed E-state index contributed by atoms with van der Waals surface area (Å²) in [6.07, 6.45) is 0. The van der Waals surface area contributed by atoms with Gasteiger partial charge >= 0.3 is 0 Å². The molecule has 0 aliphatic heterocycles. The van der Waals surface area contributed by atoms with Crippen LogP contribution in [0.2, 0.25) is 0 Å². The Morgan fingerprint density at radius 2 is 1.94 bits per heavy atom. The summed E-state index contributed by atoms with van der Waals surface area (Å²) < 4.78 is 0. The predicted molar refractivity (Wildman–Crippen MR) is 67.7 cm³/mol. The van der Waals surface area contributed by atoms with Gasteiger partial charge < -0.3 is 5.11 Å². The average Bonchev–Trinajstić information content (AvgIpc) is 2.24. The summed E-state index contributed by atoms with van der Waals surface area (Å²) in [5.74, 6) is -0.0336. The third-order valence-electron chi connectivity index (χ3n) is 2.23. The van der Waals surface area contributed by atoms with Gasteiger partial charge in [-0.1, -0.05) is 6.07 Å². The predicted octanol–water partition coefficient (Wildman–Crippen LogP) is 2.16. The van der Waals surface area contributed by atoms with Gasteiger partial charge in [-0.05, 0) is 45.9 Å². The number of carbonyl (C=O) groups excluding carboxylic acids is 1. The van der Waals surface area contributed by atoms with Gasteiger partial charge in [-0.3, -0.25) is 9.80 Å². The number of phenolic OH excluding ortho intramolecular Hbond substituents is 1. The van der Waals surface area contributed by atoms with Crippen molar-refractivity contribution in [2.24, 2.45) is 0 Å². The van der Waals surface area contributed by atoms with Gasteiger partial charge in [0.2, 0.25) is 0 Å². The highest BCUT2D eigenvalue weighted by Gasteiger charge is 2.19. The molecule has 0 aromatic heterocycles. The van der Waals surface area contributed by atoms with Crippen molar-refractivity contribution in [3.05, 3.63) is 29.8 Å². The Balaban J connectivity index is 2.92. The van der Waals surface area contributed by atoms with Crippen molar-refractivity contribution in [1.82, 2.24) is 10.4 Å². The molecule has 2 N–H and O–H groups in total. The lowest BCUT2D eigenvalue weighted by Crippen LogP contribution is -2.50. The van der Waals surface area contributed by atoms with E-state index in [1.165, 1.54) is 6.07 Å². The Bertz CT molecular complexity index is 389. The van der Waals surface area contributed by atoms with Crippen LogP contribution in [0, 0.1) is 0 Å². The molecule has 0 unspecified atom stereocenters. The summed E-state index contributed by atoms with van der Waals surface area (Å²) in [6, 6.07) is 6.60. The van der Waals surface area contributed by atoms with Crippen molar-refractivity contribution in [3.8, 4) is 5.75 Å². The van der Waals surface area contributed by atoms with Crippen molar-refractivity contribution in [2.75, 3.05) is 0 Å². The minimum atomic E-state index is -0.135. The topological polar surface area (TPSA) is 52.6 Å². The molecular formula is C13H20N2O2. The van der Waals surface area contributed by atoms with Crippen LogP contribution in [0.4, 0.5) is 0 Å². The zero-order valence-electron chi connectivity index (χ0n) is 10.8. The number of nitrogens with one attached hydrogen (secondary N) is 1. The highest BCUT2D eigenvalue weighted by Crippen LogP contribution is 2.13. The van der Waals surface area contributed by atoms with E-state index in [2.05, 4.69) is 5.43 Å². The van der Waals surface area contributed by atoms with Crippen LogP contribution < -0.4 is 5.43 Å². The van der Waals surface area contributed by atoms with Crippen molar-refractivity contribution in [3.63, 3.8) is 0 Å². The molecule has 0 aliphatic rings. The molecule has 1 aromatic rings. The fourth-order valence-electron chi connectivity index (χ4n) is 1.50. The molecule has 1 rings (SSSR count). The first kappa shape index (κ1) is 13.5. The monoisotopic (exact) mass is 236 g/mol. The second-order valence-electron chi connectivity index (χ2n) is 4.60. The van der Waals surface area contributed by atoms with Crippen molar-refractivity contribution < 1.29 is 9.90 Å². The van der Waals surface area contributed by atoms with Crippen LogP contribution in [0.3, 0.4) is 0 Å². The highest BCUT2D eigenvalue weighted by atomic mass is 16.3. The largest absolute Gasteiger partial charge is 0.508 e. The van der Waals surface area contributed by atoms with Crippen molar-refractivity contribution in [2.45, 2.75) is 39.8 Å². The second-order valence-corrected chi connectivity index (χ2v) is 4.60. The number of phenols is 1. The first-order chi connectivity index (χ1) is 7.91. The Labute approximate surface area is 102 Å². The Morgan fingerprint density at radius 3 is 2.41 bits per heavy atom. The van der Waals surface area contributed by atoms with Crippen LogP contribution in [-0.2, 0) is 0 Å². The molecule has 4 nitrogen and oxygen atoms in total. The van der Waals surface area contributed by atoms with Gasteiger partial charge in [0.05, 0.1) is 0 Å². The van der Waals surface area contributed by atoms with E-state index >= 15 is 0 Å². The fourth-order valence-corrected chi connectivity index (χ4v) is 1.50. The molecule has 1 aromatic carbocycles. The average molecular weight is 236 g/mol. The molecular weight excluding hydrogens is 216 g/mol. The van der Waals surface area contributed by atoms with Gasteiger partial charge in [0.25, 0.3) is 5.91 Å². The van der Waals surface area contributed by atoms with Gasteiger partial charge in [-0.15, -0.1) is 0 Å². The number of hydrogen-bond acceptors (Lipinski definition) is 3. The van der Waals surface area contributed by atoms with E-state index < -0.39 is 0 Å². The zero-order valence-corrected chi connectivity index (χ0v) is 10.8. The SMILES string of the molecule is CC(C)NN(C(=O)c1cccc(O)c1)C(C)C. The third-order valence-corrected chi connectivity index (χ3v) is 2.23. The second kappa shape index (κ2) is 5.68. The maximum Gasteiger partial charge on any atom is 0.268 e. The first-order valence-electron chi connectivity index (χ1n) is 5.80. The minimum Gasteiger partial charge on any atom is -0.508 e. The molecule has 0 saturated heterocycles. The number of aromatic hydroxyl groups is 1. The van der Waals surface area contributed by atoms with E-state index in [-0.39, 0.29) is 23.7 Å². The van der Waals surface area contributed by atoms with Crippen LogP contribution in [-0.4, -0.2) is 28.1 Å². The van der Waals surface area contributed by atoms with Crippen molar-refractivity contribution in [1.29, 1.82) is 0 Å². The van der Waals surface area contributed by atoms with Crippen LogP contribution in [0.5, 0.6) is 5.75 Å². The zero-order chi connectivity index (χ0) is 13.0. The van der Waals surface area contributed by atoms with E-state index in [4.69, 9.17) is 0 Å². The van der Waals surface area contributed by atoms with Crippen LogP contribution >= 0.6 is 0 Å². The number of hydrazine groups is 1. The smallest absolute Gasteiger partial charge is 0.268 e. The molecule has 0 fully saturated rings. The molecule has 0 aliphatic carbocycles. The standard InChI is InChI=1S/C13H20N2O2/c1-9(2)14-15(10(3)4)13(17)11-6-5-7-12(16)8-11/h5-10,14,16H,1-4H3. The van der Waals surface area contributed by atoms with Crippen LogP contribution in [0.15, 0.2) is 24.3 Å². The fraction of sp³-hybridized carbons (Fsp3) is 0.462. The third kappa shape index (κ3) is 3.75. The number of carbonyl (C=O) groups is 1. The van der Waals surface area contributed by atoms with E-state index in [9.17, 15) is 9.90 Å². The van der Waals surface area contributed by atoms with E-state index in [1.807, 2.05) is 27.7 Å². The van der Waals surface area contributed by atoms with Gasteiger partial charge in [0.1, 0.15) is 5.75 Å². The summed E-state index contributed by atoms with van der Waals surface area (Å²) in [7, 11) is 0. The van der Waals surface area contributed by atoms with Gasteiger partial charge in [-0.25, -0.2) is 5.43 Å². The van der Waals surface area contributed by atoms with Crippen LogP contribution in [0.25, 0.3) is 0 Å². The number of nitrogens with zero attached hydrogens (tertiary/aromatic N) is 1. The number of amides is 1. The molecule has 0 bridgehead atoms. The molecule has 0 heterocycles. The normalized spacial score (nSPS) is 10.9. The van der Waals surface area contributed by atoms with Gasteiger partial charge in [0, 0.05) is 17.6 Å². The number of rotatable bonds is 4. The quantitative estimate of drug-likeness (QED) is 0.788. The molecule has 0 saturated carbocycles. The summed E-state index contributed by atoms with van der Waals surface area (Å²) in [5, 5.41) is 11.0. The summed E-state index contributed by atoms with van der Waals surface area (Å²) in [4.78, 5) is 12.2. The number of hydrogen-bond donors (Lipinski definition) is 2. The summed E-state index contributed by atoms with van der Waals surface area (Å²) in [5.41, 5.74) is 3.58. The highest BCUT2D eigenvalue weighted by molar-refractivity contribution is 5.94. The molecule has 0 atom stereocenters. The molecule has 1 amide bonds. The van der Waals surface area contributed by atoms with Gasteiger partial charge in [-0.2, -0.15) is 0 Å². The van der Waals surface area contributed by atoms with Crippen LogP contribution in [0.1, 0.15) is 38.1 Å². The van der Waals surface area contributed by atoms with E-state index in [1.54, 1.807) is 23.2 Å². The van der Waals surface area contributed by atoms with E-state index in [0.717, 1.165) is 0 Å². The Hall–Kier alpha value is -1.55. The maximum atomic E-state index is 12.2. The lowest BCUT2D eigenvalue weighted by molar-refractivity contribution is 0.0550. The van der Waals surface area contributed by atoms with Gasteiger partial charge in [0.15, 0.2) is 0 Å². The molecule has 0 radical (unpaired) electrons. The lowest BCUT2D eigenvalue weighted by atomic mass is 10.2. The Morgan fingerprint density at radius 1 is 1.29 bits per heavy atom. The molecule has 17 heavy (non-hydrogen) atoms. The molecule has 94 valence electrons. The first-order valence-corrected chi connectivity index (χ1v) is 5.80.